The normalized spacial score (nSPS) is 20.5. The first-order valence-electron chi connectivity index (χ1n) is 7.89. The van der Waals surface area contributed by atoms with Crippen LogP contribution in [-0.4, -0.2) is 11.5 Å². The molecule has 1 aromatic heterocycles. The SMILES string of the molecule is Cc1cc(C2(C)CCNc3ccccc32)nc2ccccc12. The minimum atomic E-state index is -0.0311. The summed E-state index contributed by atoms with van der Waals surface area (Å²) in [6, 6.07) is 19.3. The molecule has 22 heavy (non-hydrogen) atoms. The van der Waals surface area contributed by atoms with E-state index in [1.807, 2.05) is 0 Å². The number of para-hydroxylation sites is 2. The van der Waals surface area contributed by atoms with Crippen LogP contribution in [0.1, 0.15) is 30.2 Å². The van der Waals surface area contributed by atoms with Gasteiger partial charge in [-0.25, -0.2) is 0 Å². The van der Waals surface area contributed by atoms with Crippen LogP contribution in [0.5, 0.6) is 0 Å². The van der Waals surface area contributed by atoms with Crippen molar-refractivity contribution in [2.45, 2.75) is 25.7 Å². The van der Waals surface area contributed by atoms with Gasteiger partial charge in [-0.05, 0) is 49.6 Å². The maximum absolute atomic E-state index is 5.00. The molecule has 0 spiro atoms. The number of fused-ring (bicyclic) bond motifs is 2. The molecule has 0 fully saturated rings. The Labute approximate surface area is 131 Å². The van der Waals surface area contributed by atoms with Gasteiger partial charge in [-0.2, -0.15) is 0 Å². The summed E-state index contributed by atoms with van der Waals surface area (Å²) in [6.45, 7) is 5.49. The molecule has 1 atom stereocenters. The van der Waals surface area contributed by atoms with Crippen molar-refractivity contribution in [3.05, 3.63) is 71.4 Å². The van der Waals surface area contributed by atoms with E-state index < -0.39 is 0 Å². The van der Waals surface area contributed by atoms with Crippen molar-refractivity contribution in [1.82, 2.24) is 4.98 Å². The lowest BCUT2D eigenvalue weighted by atomic mass is 9.73. The Balaban J connectivity index is 1.95. The molecule has 0 aliphatic carbocycles. The fraction of sp³-hybridized carbons (Fsp3) is 0.250. The van der Waals surface area contributed by atoms with Crippen LogP contribution in [0.15, 0.2) is 54.6 Å². The summed E-state index contributed by atoms with van der Waals surface area (Å²) in [6.07, 6.45) is 1.06. The number of aryl methyl sites for hydroxylation is 1. The van der Waals surface area contributed by atoms with Gasteiger partial charge in [0, 0.05) is 23.0 Å². The molecule has 0 saturated heterocycles. The highest BCUT2D eigenvalue weighted by molar-refractivity contribution is 5.82. The lowest BCUT2D eigenvalue weighted by Crippen LogP contribution is -2.33. The third kappa shape index (κ3) is 1.91. The van der Waals surface area contributed by atoms with Crippen molar-refractivity contribution in [1.29, 1.82) is 0 Å². The van der Waals surface area contributed by atoms with E-state index in [1.54, 1.807) is 0 Å². The van der Waals surface area contributed by atoms with Crippen LogP contribution in [-0.2, 0) is 5.41 Å². The number of nitrogens with one attached hydrogen (secondary N) is 1. The first-order valence-corrected chi connectivity index (χ1v) is 7.89. The van der Waals surface area contributed by atoms with Crippen molar-refractivity contribution in [3.8, 4) is 0 Å². The summed E-state index contributed by atoms with van der Waals surface area (Å²) >= 11 is 0. The van der Waals surface area contributed by atoms with Crippen molar-refractivity contribution >= 4 is 16.6 Å². The highest BCUT2D eigenvalue weighted by Gasteiger charge is 2.35. The standard InChI is InChI=1S/C20H20N2/c1-14-13-19(22-17-9-5-3-7-15(14)17)20(2)11-12-21-18-10-6-4-8-16(18)20/h3-10,13,21H,11-12H2,1-2H3. The summed E-state index contributed by atoms with van der Waals surface area (Å²) in [5, 5.41) is 4.76. The van der Waals surface area contributed by atoms with Crippen molar-refractivity contribution in [2.75, 3.05) is 11.9 Å². The van der Waals surface area contributed by atoms with Crippen LogP contribution in [0.3, 0.4) is 0 Å². The zero-order valence-corrected chi connectivity index (χ0v) is 13.1. The van der Waals surface area contributed by atoms with Crippen LogP contribution < -0.4 is 5.32 Å². The van der Waals surface area contributed by atoms with Gasteiger partial charge in [-0.1, -0.05) is 36.4 Å². The van der Waals surface area contributed by atoms with Gasteiger partial charge < -0.3 is 5.32 Å². The van der Waals surface area contributed by atoms with Gasteiger partial charge in [0.1, 0.15) is 0 Å². The predicted octanol–water partition coefficient (Wildman–Crippen LogP) is 4.66. The molecule has 1 aliphatic heterocycles. The molecule has 1 unspecified atom stereocenters. The molecular formula is C20H20N2. The van der Waals surface area contributed by atoms with Crippen molar-refractivity contribution in [3.63, 3.8) is 0 Å². The minimum Gasteiger partial charge on any atom is -0.385 e. The van der Waals surface area contributed by atoms with Crippen LogP contribution in [0.4, 0.5) is 5.69 Å². The second-order valence-electron chi connectivity index (χ2n) is 6.40. The number of nitrogens with zero attached hydrogens (tertiary/aromatic N) is 1. The predicted molar refractivity (Wildman–Crippen MR) is 92.5 cm³/mol. The Kier molecular flexibility index (Phi) is 2.93. The van der Waals surface area contributed by atoms with Gasteiger partial charge >= 0.3 is 0 Å². The van der Waals surface area contributed by atoms with E-state index >= 15 is 0 Å². The highest BCUT2D eigenvalue weighted by Crippen LogP contribution is 2.42. The fourth-order valence-corrected chi connectivity index (χ4v) is 3.60. The van der Waals surface area contributed by atoms with Crippen LogP contribution in [0.2, 0.25) is 0 Å². The largest absolute Gasteiger partial charge is 0.385 e. The fourth-order valence-electron chi connectivity index (χ4n) is 3.60. The molecule has 1 N–H and O–H groups in total. The van der Waals surface area contributed by atoms with E-state index in [1.165, 1.54) is 27.9 Å². The van der Waals surface area contributed by atoms with Gasteiger partial charge in [0.05, 0.1) is 11.2 Å². The summed E-state index contributed by atoms with van der Waals surface area (Å²) in [5.41, 5.74) is 6.13. The number of aromatic nitrogens is 1. The van der Waals surface area contributed by atoms with E-state index in [0.29, 0.717) is 0 Å². The Morgan fingerprint density at radius 2 is 1.82 bits per heavy atom. The number of anilines is 1. The highest BCUT2D eigenvalue weighted by atomic mass is 14.9. The summed E-state index contributed by atoms with van der Waals surface area (Å²) in [4.78, 5) is 5.00. The Hall–Kier alpha value is -2.35. The third-order valence-corrected chi connectivity index (χ3v) is 4.95. The van der Waals surface area contributed by atoms with Crippen LogP contribution >= 0.6 is 0 Å². The van der Waals surface area contributed by atoms with E-state index in [-0.39, 0.29) is 5.41 Å². The number of benzene rings is 2. The van der Waals surface area contributed by atoms with Crippen LogP contribution in [0.25, 0.3) is 10.9 Å². The van der Waals surface area contributed by atoms with E-state index in [9.17, 15) is 0 Å². The maximum atomic E-state index is 5.00. The molecule has 1 aliphatic rings. The Morgan fingerprint density at radius 3 is 2.73 bits per heavy atom. The second-order valence-corrected chi connectivity index (χ2v) is 6.40. The van der Waals surface area contributed by atoms with Gasteiger partial charge in [-0.3, -0.25) is 4.98 Å². The van der Waals surface area contributed by atoms with Crippen molar-refractivity contribution < 1.29 is 0 Å². The first-order chi connectivity index (χ1) is 10.7. The molecule has 0 saturated carbocycles. The molecule has 4 rings (SSSR count). The Morgan fingerprint density at radius 1 is 1.05 bits per heavy atom. The maximum Gasteiger partial charge on any atom is 0.0708 e. The molecule has 0 radical (unpaired) electrons. The second kappa shape index (κ2) is 4.84. The zero-order valence-electron chi connectivity index (χ0n) is 13.1. The van der Waals surface area contributed by atoms with Gasteiger partial charge in [0.25, 0.3) is 0 Å². The van der Waals surface area contributed by atoms with Crippen LogP contribution in [0, 0.1) is 6.92 Å². The number of hydrogen-bond acceptors (Lipinski definition) is 2. The number of hydrogen-bond donors (Lipinski definition) is 1. The Bertz CT molecular complexity index is 853. The van der Waals surface area contributed by atoms with Gasteiger partial charge in [-0.15, -0.1) is 0 Å². The monoisotopic (exact) mass is 288 g/mol. The lowest BCUT2D eigenvalue weighted by Gasteiger charge is -2.36. The molecule has 2 heterocycles. The van der Waals surface area contributed by atoms with Crippen molar-refractivity contribution in [2.24, 2.45) is 0 Å². The molecular weight excluding hydrogens is 268 g/mol. The van der Waals surface area contributed by atoms with E-state index in [0.717, 1.165) is 18.5 Å². The first kappa shape index (κ1) is 13.3. The molecule has 110 valence electrons. The molecule has 2 aromatic carbocycles. The average Bonchev–Trinajstić information content (AvgIpc) is 2.55. The average molecular weight is 288 g/mol. The quantitative estimate of drug-likeness (QED) is 0.704. The smallest absolute Gasteiger partial charge is 0.0708 e. The van der Waals surface area contributed by atoms with Gasteiger partial charge in [0.15, 0.2) is 0 Å². The number of pyridine rings is 1. The molecule has 0 bridgehead atoms. The topological polar surface area (TPSA) is 24.9 Å². The molecule has 2 nitrogen and oxygen atoms in total. The molecule has 2 heteroatoms. The lowest BCUT2D eigenvalue weighted by molar-refractivity contribution is 0.508. The van der Waals surface area contributed by atoms with Gasteiger partial charge in [0.2, 0.25) is 0 Å². The zero-order chi connectivity index (χ0) is 15.2. The summed E-state index contributed by atoms with van der Waals surface area (Å²) in [7, 11) is 0. The third-order valence-electron chi connectivity index (χ3n) is 4.95. The minimum absolute atomic E-state index is 0.0311. The summed E-state index contributed by atoms with van der Waals surface area (Å²) in [5.74, 6) is 0. The molecule has 0 amide bonds. The number of rotatable bonds is 1. The summed E-state index contributed by atoms with van der Waals surface area (Å²) < 4.78 is 0. The molecule has 3 aromatic rings. The van der Waals surface area contributed by atoms with E-state index in [2.05, 4.69) is 73.8 Å². The van der Waals surface area contributed by atoms with E-state index in [4.69, 9.17) is 4.98 Å².